The molecule has 0 radical (unpaired) electrons. The molecule has 0 aromatic heterocycles. The Labute approximate surface area is 103 Å². The van der Waals surface area contributed by atoms with Gasteiger partial charge in [0.05, 0.1) is 12.3 Å². The van der Waals surface area contributed by atoms with Gasteiger partial charge in [-0.25, -0.2) is 4.79 Å². The van der Waals surface area contributed by atoms with E-state index < -0.39 is 12.6 Å². The van der Waals surface area contributed by atoms with Crippen molar-refractivity contribution in [2.75, 3.05) is 25.6 Å². The minimum Gasteiger partial charge on any atom is -0.433 e. The summed E-state index contributed by atoms with van der Waals surface area (Å²) in [4.78, 5) is 11.4. The van der Waals surface area contributed by atoms with Gasteiger partial charge in [-0.1, -0.05) is 12.1 Å². The number of alkyl halides is 2. The molecular weight excluding hydrogens is 246 g/mol. The van der Waals surface area contributed by atoms with Gasteiger partial charge >= 0.3 is 12.6 Å². The molecule has 18 heavy (non-hydrogen) atoms. The van der Waals surface area contributed by atoms with Gasteiger partial charge in [0.25, 0.3) is 0 Å². The van der Waals surface area contributed by atoms with Crippen LogP contribution in [0.25, 0.3) is 0 Å². The number of benzene rings is 1. The molecule has 0 spiro atoms. The molecule has 0 aliphatic rings. The fourth-order valence-electron chi connectivity index (χ4n) is 1.20. The number of methoxy groups -OCH3 is 1. The number of hydrogen-bond donors (Lipinski definition) is 2. The topological polar surface area (TPSA) is 59.6 Å². The summed E-state index contributed by atoms with van der Waals surface area (Å²) in [5.41, 5.74) is 0.174. The molecule has 1 aromatic carbocycles. The quantitative estimate of drug-likeness (QED) is 0.770. The van der Waals surface area contributed by atoms with E-state index in [9.17, 15) is 13.6 Å². The minimum atomic E-state index is -2.94. The fourth-order valence-corrected chi connectivity index (χ4v) is 1.20. The summed E-state index contributed by atoms with van der Waals surface area (Å²) >= 11 is 0. The molecule has 1 aromatic rings. The first-order valence-electron chi connectivity index (χ1n) is 5.21. The number of hydrogen-bond acceptors (Lipinski definition) is 3. The van der Waals surface area contributed by atoms with Crippen molar-refractivity contribution in [2.24, 2.45) is 0 Å². The predicted octanol–water partition coefficient (Wildman–Crippen LogP) is 2.06. The van der Waals surface area contributed by atoms with Gasteiger partial charge in [-0.3, -0.25) is 0 Å². The lowest BCUT2D eigenvalue weighted by Gasteiger charge is -2.12. The molecule has 0 aliphatic heterocycles. The molecule has 0 heterocycles. The van der Waals surface area contributed by atoms with Gasteiger partial charge in [0.1, 0.15) is 5.75 Å². The first-order valence-corrected chi connectivity index (χ1v) is 5.21. The average Bonchev–Trinajstić information content (AvgIpc) is 2.31. The van der Waals surface area contributed by atoms with Crippen LogP contribution in [0.4, 0.5) is 19.3 Å². The van der Waals surface area contributed by atoms with E-state index in [-0.39, 0.29) is 11.4 Å². The van der Waals surface area contributed by atoms with E-state index >= 15 is 0 Å². The summed E-state index contributed by atoms with van der Waals surface area (Å²) in [6.07, 6.45) is 0. The summed E-state index contributed by atoms with van der Waals surface area (Å²) in [5.74, 6) is -0.0885. The maximum absolute atomic E-state index is 12.1. The Kier molecular flexibility index (Phi) is 5.86. The maximum atomic E-state index is 12.1. The van der Waals surface area contributed by atoms with Crippen LogP contribution in [0.5, 0.6) is 5.75 Å². The van der Waals surface area contributed by atoms with Gasteiger partial charge in [0, 0.05) is 13.7 Å². The summed E-state index contributed by atoms with van der Waals surface area (Å²) in [5, 5.41) is 4.91. The Morgan fingerprint density at radius 2 is 2.11 bits per heavy atom. The molecule has 1 rings (SSSR count). The number of carbonyl (C=O) groups excluding carboxylic acids is 1. The van der Waals surface area contributed by atoms with E-state index in [0.717, 1.165) is 0 Å². The number of rotatable bonds is 6. The third kappa shape index (κ3) is 4.96. The van der Waals surface area contributed by atoms with Crippen LogP contribution in [0, 0.1) is 0 Å². The Balaban J connectivity index is 2.57. The van der Waals surface area contributed by atoms with Crippen molar-refractivity contribution >= 4 is 11.7 Å². The average molecular weight is 260 g/mol. The largest absolute Gasteiger partial charge is 0.433 e. The van der Waals surface area contributed by atoms with Crippen LogP contribution in [-0.4, -0.2) is 32.9 Å². The van der Waals surface area contributed by atoms with Gasteiger partial charge in [-0.15, -0.1) is 0 Å². The molecule has 7 heteroatoms. The van der Waals surface area contributed by atoms with Crippen molar-refractivity contribution in [1.82, 2.24) is 5.32 Å². The van der Waals surface area contributed by atoms with Gasteiger partial charge in [0.2, 0.25) is 0 Å². The summed E-state index contributed by atoms with van der Waals surface area (Å²) in [6, 6.07) is 5.43. The molecule has 2 N–H and O–H groups in total. The Morgan fingerprint density at radius 1 is 1.39 bits per heavy atom. The molecular formula is C11H14F2N2O3. The third-order valence-corrected chi connectivity index (χ3v) is 1.94. The highest BCUT2D eigenvalue weighted by atomic mass is 19.3. The first kappa shape index (κ1) is 14.2. The highest BCUT2D eigenvalue weighted by molar-refractivity contribution is 5.90. The van der Waals surface area contributed by atoms with E-state index in [1.54, 1.807) is 6.07 Å². The highest BCUT2D eigenvalue weighted by Gasteiger charge is 2.10. The molecule has 0 fully saturated rings. The van der Waals surface area contributed by atoms with Gasteiger partial charge in [-0.2, -0.15) is 8.78 Å². The maximum Gasteiger partial charge on any atom is 0.387 e. The molecule has 0 unspecified atom stereocenters. The van der Waals surface area contributed by atoms with Crippen molar-refractivity contribution in [3.05, 3.63) is 24.3 Å². The molecule has 0 saturated carbocycles. The van der Waals surface area contributed by atoms with E-state index in [1.807, 2.05) is 0 Å². The lowest BCUT2D eigenvalue weighted by atomic mass is 10.3. The Bertz CT molecular complexity index is 388. The summed E-state index contributed by atoms with van der Waals surface area (Å²) in [6.45, 7) is -2.26. The Morgan fingerprint density at radius 3 is 2.78 bits per heavy atom. The third-order valence-electron chi connectivity index (χ3n) is 1.94. The summed E-state index contributed by atoms with van der Waals surface area (Å²) < 4.78 is 33.3. The molecule has 0 bridgehead atoms. The zero-order chi connectivity index (χ0) is 13.4. The van der Waals surface area contributed by atoms with Gasteiger partial charge in [0.15, 0.2) is 0 Å². The molecule has 2 amide bonds. The van der Waals surface area contributed by atoms with Crippen molar-refractivity contribution in [2.45, 2.75) is 6.61 Å². The van der Waals surface area contributed by atoms with Crippen molar-refractivity contribution < 1.29 is 23.0 Å². The van der Waals surface area contributed by atoms with Crippen LogP contribution in [0.2, 0.25) is 0 Å². The molecule has 0 aliphatic carbocycles. The van der Waals surface area contributed by atoms with E-state index in [0.29, 0.717) is 13.2 Å². The van der Waals surface area contributed by atoms with E-state index in [1.165, 1.54) is 25.3 Å². The number of anilines is 1. The number of para-hydroxylation sites is 2. The normalized spacial score (nSPS) is 10.2. The monoisotopic (exact) mass is 260 g/mol. The number of amides is 2. The number of ether oxygens (including phenoxy) is 2. The van der Waals surface area contributed by atoms with Crippen molar-refractivity contribution in [3.63, 3.8) is 0 Å². The number of carbonyl (C=O) groups is 1. The number of urea groups is 1. The standard InChI is InChI=1S/C11H14F2N2O3/c1-17-7-6-14-11(16)15-8-4-2-3-5-9(8)18-10(12)13/h2-5,10H,6-7H2,1H3,(H2,14,15,16). The number of halogens is 2. The van der Waals surface area contributed by atoms with Crippen LogP contribution < -0.4 is 15.4 Å². The van der Waals surface area contributed by atoms with Gasteiger partial charge < -0.3 is 20.1 Å². The van der Waals surface area contributed by atoms with Crippen LogP contribution in [-0.2, 0) is 4.74 Å². The SMILES string of the molecule is COCCNC(=O)Nc1ccccc1OC(F)F. The zero-order valence-electron chi connectivity index (χ0n) is 9.78. The van der Waals surface area contributed by atoms with Crippen molar-refractivity contribution in [3.8, 4) is 5.75 Å². The minimum absolute atomic E-state index is 0.0885. The van der Waals surface area contributed by atoms with Crippen molar-refractivity contribution in [1.29, 1.82) is 0 Å². The molecule has 5 nitrogen and oxygen atoms in total. The van der Waals surface area contributed by atoms with E-state index in [2.05, 4.69) is 15.4 Å². The second-order valence-corrected chi connectivity index (χ2v) is 3.25. The lowest BCUT2D eigenvalue weighted by molar-refractivity contribution is -0.0493. The predicted molar refractivity (Wildman–Crippen MR) is 62.0 cm³/mol. The first-order chi connectivity index (χ1) is 8.63. The van der Waals surface area contributed by atoms with Crippen LogP contribution in [0.1, 0.15) is 0 Å². The second kappa shape index (κ2) is 7.44. The zero-order valence-corrected chi connectivity index (χ0v) is 9.78. The van der Waals surface area contributed by atoms with E-state index in [4.69, 9.17) is 4.74 Å². The Hall–Kier alpha value is -1.89. The fraction of sp³-hybridized carbons (Fsp3) is 0.364. The second-order valence-electron chi connectivity index (χ2n) is 3.25. The highest BCUT2D eigenvalue weighted by Crippen LogP contribution is 2.25. The smallest absolute Gasteiger partial charge is 0.387 e. The molecule has 0 saturated heterocycles. The van der Waals surface area contributed by atoms with Crippen LogP contribution in [0.3, 0.4) is 0 Å². The van der Waals surface area contributed by atoms with Gasteiger partial charge in [-0.05, 0) is 12.1 Å². The lowest BCUT2D eigenvalue weighted by Crippen LogP contribution is -2.31. The number of nitrogens with one attached hydrogen (secondary N) is 2. The van der Waals surface area contributed by atoms with Crippen LogP contribution in [0.15, 0.2) is 24.3 Å². The molecule has 100 valence electrons. The van der Waals surface area contributed by atoms with Crippen LogP contribution >= 0.6 is 0 Å². The summed E-state index contributed by atoms with van der Waals surface area (Å²) in [7, 11) is 1.51. The molecule has 0 atom stereocenters.